The van der Waals surface area contributed by atoms with Gasteiger partial charge in [-0.1, -0.05) is 39.8 Å². The van der Waals surface area contributed by atoms with Crippen molar-refractivity contribution < 1.29 is 8.42 Å². The van der Waals surface area contributed by atoms with Crippen molar-refractivity contribution in [3.63, 3.8) is 0 Å². The standard InChI is InChI=1S/C23H36N4O2S/c1-18(2)19-5-7-21(8-6-19)30(28,29)27-12-11-24-22(27)26-15-13-25(14-16-26)20-9-10-23(3,4)17-20/h5-8,18,20H,9-17H2,1-4H3. The molecule has 30 heavy (non-hydrogen) atoms. The third kappa shape index (κ3) is 4.24. The highest BCUT2D eigenvalue weighted by Crippen LogP contribution is 2.39. The predicted octanol–water partition coefficient (Wildman–Crippen LogP) is 3.37. The van der Waals surface area contributed by atoms with E-state index >= 15 is 0 Å². The third-order valence-corrected chi connectivity index (χ3v) is 8.76. The fourth-order valence-electron chi connectivity index (χ4n) is 5.06. The molecule has 0 spiro atoms. The molecule has 1 aromatic carbocycles. The second-order valence-corrected chi connectivity index (χ2v) is 11.9. The molecule has 1 unspecified atom stereocenters. The lowest BCUT2D eigenvalue weighted by atomic mass is 9.91. The Morgan fingerprint density at radius 1 is 1.03 bits per heavy atom. The Labute approximate surface area is 182 Å². The Hall–Kier alpha value is -1.60. The molecule has 6 nitrogen and oxygen atoms in total. The van der Waals surface area contributed by atoms with E-state index in [0.29, 0.717) is 41.3 Å². The van der Waals surface area contributed by atoms with Crippen molar-refractivity contribution in [2.45, 2.75) is 63.8 Å². The van der Waals surface area contributed by atoms with Gasteiger partial charge in [-0.3, -0.25) is 9.89 Å². The van der Waals surface area contributed by atoms with Gasteiger partial charge >= 0.3 is 0 Å². The van der Waals surface area contributed by atoms with Gasteiger partial charge in [0.25, 0.3) is 10.0 Å². The van der Waals surface area contributed by atoms with Gasteiger partial charge in [-0.15, -0.1) is 0 Å². The average molecular weight is 433 g/mol. The average Bonchev–Trinajstić information content (AvgIpc) is 3.35. The molecular weight excluding hydrogens is 396 g/mol. The summed E-state index contributed by atoms with van der Waals surface area (Å²) in [5.41, 5.74) is 1.60. The minimum Gasteiger partial charge on any atom is -0.339 e. The number of hydrogen-bond acceptors (Lipinski definition) is 5. The van der Waals surface area contributed by atoms with E-state index in [0.717, 1.165) is 31.7 Å². The molecule has 0 N–H and O–H groups in total. The van der Waals surface area contributed by atoms with Gasteiger partial charge in [0.15, 0.2) is 0 Å². The van der Waals surface area contributed by atoms with Crippen LogP contribution in [0.4, 0.5) is 0 Å². The van der Waals surface area contributed by atoms with E-state index in [9.17, 15) is 8.42 Å². The fraction of sp³-hybridized carbons (Fsp3) is 0.696. The zero-order valence-electron chi connectivity index (χ0n) is 18.8. The molecular formula is C23H36N4O2S. The first-order chi connectivity index (χ1) is 14.2. The normalized spacial score (nSPS) is 25.2. The van der Waals surface area contributed by atoms with Crippen molar-refractivity contribution in [2.24, 2.45) is 10.4 Å². The van der Waals surface area contributed by atoms with Gasteiger partial charge in [-0.2, -0.15) is 0 Å². The van der Waals surface area contributed by atoms with Gasteiger partial charge < -0.3 is 4.90 Å². The van der Waals surface area contributed by atoms with Crippen molar-refractivity contribution >= 4 is 16.0 Å². The molecule has 166 valence electrons. The number of benzene rings is 1. The summed E-state index contributed by atoms with van der Waals surface area (Å²) in [7, 11) is -3.58. The Bertz CT molecular complexity index is 884. The highest BCUT2D eigenvalue weighted by molar-refractivity contribution is 7.89. The molecule has 0 bridgehead atoms. The van der Waals surface area contributed by atoms with Crippen molar-refractivity contribution in [2.75, 3.05) is 39.3 Å². The van der Waals surface area contributed by atoms with Crippen LogP contribution in [-0.2, 0) is 10.0 Å². The first kappa shape index (κ1) is 21.6. The largest absolute Gasteiger partial charge is 0.339 e. The smallest absolute Gasteiger partial charge is 0.266 e. The summed E-state index contributed by atoms with van der Waals surface area (Å²) in [5.74, 6) is 1.02. The summed E-state index contributed by atoms with van der Waals surface area (Å²) in [6.45, 7) is 13.6. The van der Waals surface area contributed by atoms with Gasteiger partial charge in [0, 0.05) is 32.2 Å². The summed E-state index contributed by atoms with van der Waals surface area (Å²) >= 11 is 0. The summed E-state index contributed by atoms with van der Waals surface area (Å²) in [6, 6.07) is 7.99. The number of sulfonamides is 1. The van der Waals surface area contributed by atoms with E-state index in [1.54, 1.807) is 12.1 Å². The van der Waals surface area contributed by atoms with Crippen LogP contribution in [0.5, 0.6) is 0 Å². The summed E-state index contributed by atoms with van der Waals surface area (Å²) in [6.07, 6.45) is 3.84. The molecule has 1 atom stereocenters. The van der Waals surface area contributed by atoms with E-state index in [1.807, 2.05) is 12.1 Å². The van der Waals surface area contributed by atoms with E-state index in [4.69, 9.17) is 0 Å². The first-order valence-electron chi connectivity index (χ1n) is 11.3. The van der Waals surface area contributed by atoms with E-state index in [1.165, 1.54) is 23.6 Å². The maximum atomic E-state index is 13.3. The molecule has 0 aromatic heterocycles. The van der Waals surface area contributed by atoms with Crippen LogP contribution in [0.3, 0.4) is 0 Å². The quantitative estimate of drug-likeness (QED) is 0.732. The number of hydrogen-bond donors (Lipinski definition) is 0. The van der Waals surface area contributed by atoms with Crippen molar-refractivity contribution in [1.82, 2.24) is 14.1 Å². The van der Waals surface area contributed by atoms with Crippen molar-refractivity contribution in [3.05, 3.63) is 29.8 Å². The zero-order valence-corrected chi connectivity index (χ0v) is 19.7. The molecule has 1 aromatic rings. The highest BCUT2D eigenvalue weighted by Gasteiger charge is 2.38. The van der Waals surface area contributed by atoms with E-state index in [2.05, 4.69) is 42.5 Å². The lowest BCUT2D eigenvalue weighted by Gasteiger charge is -2.40. The monoisotopic (exact) mass is 432 g/mol. The fourth-order valence-corrected chi connectivity index (χ4v) is 6.50. The van der Waals surface area contributed by atoms with Crippen LogP contribution in [0.15, 0.2) is 34.2 Å². The van der Waals surface area contributed by atoms with Crippen LogP contribution >= 0.6 is 0 Å². The van der Waals surface area contributed by atoms with Crippen molar-refractivity contribution in [1.29, 1.82) is 0 Å². The second-order valence-electron chi connectivity index (χ2n) is 10.1. The van der Waals surface area contributed by atoms with Crippen LogP contribution in [0.25, 0.3) is 0 Å². The molecule has 1 saturated heterocycles. The number of rotatable bonds is 4. The van der Waals surface area contributed by atoms with Gasteiger partial charge in [-0.05, 0) is 48.3 Å². The molecule has 7 heteroatoms. The molecule has 2 heterocycles. The van der Waals surface area contributed by atoms with Gasteiger partial charge in [0.05, 0.1) is 18.0 Å². The molecule has 0 amide bonds. The number of aliphatic imine (C=N–C) groups is 1. The van der Waals surface area contributed by atoms with Gasteiger partial charge in [0.1, 0.15) is 0 Å². The SMILES string of the molecule is CC(C)c1ccc(S(=O)(=O)N2CCN=C2N2CCN(C3CCC(C)(C)C3)CC2)cc1. The van der Waals surface area contributed by atoms with Gasteiger partial charge in [0.2, 0.25) is 5.96 Å². The molecule has 1 saturated carbocycles. The maximum Gasteiger partial charge on any atom is 0.266 e. The summed E-state index contributed by atoms with van der Waals surface area (Å²) in [5, 5.41) is 0. The Kier molecular flexibility index (Phi) is 5.88. The van der Waals surface area contributed by atoms with Crippen LogP contribution < -0.4 is 0 Å². The predicted molar refractivity (Wildman–Crippen MR) is 121 cm³/mol. The highest BCUT2D eigenvalue weighted by atomic mass is 32.2. The molecule has 4 rings (SSSR count). The Balaban J connectivity index is 1.43. The Morgan fingerprint density at radius 2 is 1.70 bits per heavy atom. The maximum absolute atomic E-state index is 13.3. The van der Waals surface area contributed by atoms with E-state index < -0.39 is 10.0 Å². The third-order valence-electron chi connectivity index (χ3n) is 6.97. The topological polar surface area (TPSA) is 56.2 Å². The van der Waals surface area contributed by atoms with Crippen LogP contribution in [0.1, 0.15) is 58.4 Å². The molecule has 1 aliphatic carbocycles. The van der Waals surface area contributed by atoms with E-state index in [-0.39, 0.29) is 0 Å². The van der Waals surface area contributed by atoms with Crippen molar-refractivity contribution in [3.8, 4) is 0 Å². The molecule has 2 fully saturated rings. The summed E-state index contributed by atoms with van der Waals surface area (Å²) < 4.78 is 28.2. The molecule has 2 aliphatic heterocycles. The lowest BCUT2D eigenvalue weighted by molar-refractivity contribution is 0.124. The van der Waals surface area contributed by atoms with Crippen LogP contribution in [0.2, 0.25) is 0 Å². The number of piperazine rings is 1. The Morgan fingerprint density at radius 3 is 2.27 bits per heavy atom. The summed E-state index contributed by atoms with van der Waals surface area (Å²) in [4.78, 5) is 9.72. The first-order valence-corrected chi connectivity index (χ1v) is 12.8. The minimum absolute atomic E-state index is 0.355. The number of guanidine groups is 1. The van der Waals surface area contributed by atoms with Gasteiger partial charge in [-0.25, -0.2) is 12.7 Å². The molecule has 0 radical (unpaired) electrons. The molecule has 3 aliphatic rings. The number of nitrogens with zero attached hydrogens (tertiary/aromatic N) is 4. The zero-order chi connectivity index (χ0) is 21.5. The van der Waals surface area contributed by atoms with Crippen LogP contribution in [0, 0.1) is 5.41 Å². The minimum atomic E-state index is -3.58. The van der Waals surface area contributed by atoms with Crippen LogP contribution in [-0.4, -0.2) is 73.8 Å². The second kappa shape index (κ2) is 8.15. The lowest BCUT2D eigenvalue weighted by Crippen LogP contribution is -2.55.